The van der Waals surface area contributed by atoms with Crippen LogP contribution in [-0.2, 0) is 0 Å². The second kappa shape index (κ2) is 10.5. The van der Waals surface area contributed by atoms with E-state index >= 15 is 0 Å². The summed E-state index contributed by atoms with van der Waals surface area (Å²) in [6, 6.07) is 23.0. The quantitative estimate of drug-likeness (QED) is 0.210. The maximum Gasteiger partial charge on any atom is 0.164 e. The molecule has 0 bridgehead atoms. The van der Waals surface area contributed by atoms with E-state index in [0.717, 1.165) is 5.56 Å². The highest BCUT2D eigenvalue weighted by Crippen LogP contribution is 2.37. The number of fused-ring (bicyclic) bond motifs is 3. The van der Waals surface area contributed by atoms with Gasteiger partial charge < -0.3 is 4.42 Å². The van der Waals surface area contributed by atoms with Gasteiger partial charge in [0.1, 0.15) is 11.2 Å². The fourth-order valence-corrected chi connectivity index (χ4v) is 5.08. The van der Waals surface area contributed by atoms with Crippen LogP contribution in [0.25, 0.3) is 78.4 Å². The number of hydrogen-bond acceptors (Lipinski definition) is 4. The zero-order chi connectivity index (χ0) is 37.3. The molecule has 2 aromatic heterocycles. The number of para-hydroxylation sites is 1. The zero-order valence-electron chi connectivity index (χ0n) is 32.4. The molecule has 0 saturated heterocycles. The molecule has 0 saturated carbocycles. The number of nitrogens with zero attached hydrogens (tertiary/aromatic N) is 3. The van der Waals surface area contributed by atoms with E-state index < -0.39 is 36.3 Å². The Morgan fingerprint density at radius 2 is 1.05 bits per heavy atom. The lowest BCUT2D eigenvalue weighted by Crippen LogP contribution is -2.00. The highest BCUT2D eigenvalue weighted by atomic mass is 16.3. The number of rotatable bonds is 5. The van der Waals surface area contributed by atoms with Gasteiger partial charge in [0.05, 0.1) is 13.7 Å². The topological polar surface area (TPSA) is 51.8 Å². The lowest BCUT2D eigenvalue weighted by atomic mass is 10.0. The summed E-state index contributed by atoms with van der Waals surface area (Å²) >= 11 is 0. The summed E-state index contributed by atoms with van der Waals surface area (Å²) in [6.07, 6.45) is 0. The molecule has 0 N–H and O–H groups in total. The molecule has 202 valence electrons. The minimum atomic E-state index is -0.474. The van der Waals surface area contributed by atoms with Crippen molar-refractivity contribution in [3.05, 3.63) is 151 Å². The third-order valence-electron chi connectivity index (χ3n) is 7.10. The largest absolute Gasteiger partial charge is 0.455 e. The SMILES string of the molecule is [2H]c1c([2H])c([2H])c(-c2cccc(-c3nc(-c4ccccc4)nc(-c4ccc5oc6c(-c7c([2H])c([2H])c([2H])c([2H])c7[2H])cccc6c5c4)n3)c2)c([2H])c1[2H]. The molecule has 0 aliphatic heterocycles. The lowest BCUT2D eigenvalue weighted by molar-refractivity contribution is 0.670. The van der Waals surface area contributed by atoms with E-state index in [1.54, 1.807) is 48.5 Å². The molecule has 0 unspecified atom stereocenters. The Kier molecular flexibility index (Phi) is 4.04. The van der Waals surface area contributed by atoms with Crippen LogP contribution in [0.2, 0.25) is 0 Å². The van der Waals surface area contributed by atoms with Crippen LogP contribution in [0.3, 0.4) is 0 Å². The monoisotopic (exact) mass is 561 g/mol. The molecule has 8 aromatic rings. The Balaban J connectivity index is 1.30. The van der Waals surface area contributed by atoms with E-state index in [9.17, 15) is 0 Å². The minimum absolute atomic E-state index is 0.0429. The third-order valence-corrected chi connectivity index (χ3v) is 7.10. The molecule has 0 radical (unpaired) electrons. The Hall–Kier alpha value is -5.87. The molecular formula is C39H25N3O. The average molecular weight is 562 g/mol. The van der Waals surface area contributed by atoms with Crippen molar-refractivity contribution in [2.45, 2.75) is 0 Å². The first-order valence-electron chi connectivity index (χ1n) is 18.5. The molecule has 4 nitrogen and oxygen atoms in total. The van der Waals surface area contributed by atoms with Gasteiger partial charge in [0, 0.05) is 33.0 Å². The molecule has 0 aliphatic carbocycles. The average Bonchev–Trinajstić information content (AvgIpc) is 3.57. The number of benzene rings is 6. The number of furan rings is 1. The van der Waals surface area contributed by atoms with Crippen molar-refractivity contribution in [3.63, 3.8) is 0 Å². The number of hydrogen-bond donors (Lipinski definition) is 0. The van der Waals surface area contributed by atoms with E-state index in [0.29, 0.717) is 61.7 Å². The summed E-state index contributed by atoms with van der Waals surface area (Å²) in [5, 5.41) is 1.35. The van der Waals surface area contributed by atoms with Crippen LogP contribution in [0.15, 0.2) is 156 Å². The van der Waals surface area contributed by atoms with Gasteiger partial charge in [-0.25, -0.2) is 15.0 Å². The molecule has 2 heterocycles. The van der Waals surface area contributed by atoms with Crippen LogP contribution in [0.1, 0.15) is 13.7 Å². The van der Waals surface area contributed by atoms with Crippen LogP contribution < -0.4 is 0 Å². The van der Waals surface area contributed by atoms with E-state index in [-0.39, 0.29) is 35.3 Å². The van der Waals surface area contributed by atoms with Crippen molar-refractivity contribution < 1.29 is 18.1 Å². The minimum Gasteiger partial charge on any atom is -0.455 e. The summed E-state index contributed by atoms with van der Waals surface area (Å²) in [7, 11) is 0. The molecule has 4 heteroatoms. The predicted molar refractivity (Wildman–Crippen MR) is 174 cm³/mol. The van der Waals surface area contributed by atoms with Crippen molar-refractivity contribution >= 4 is 21.9 Å². The van der Waals surface area contributed by atoms with Gasteiger partial charge in [0.15, 0.2) is 17.5 Å². The smallest absolute Gasteiger partial charge is 0.164 e. The van der Waals surface area contributed by atoms with Gasteiger partial charge in [-0.3, -0.25) is 0 Å². The van der Waals surface area contributed by atoms with Crippen molar-refractivity contribution in [2.75, 3.05) is 0 Å². The maximum atomic E-state index is 8.54. The van der Waals surface area contributed by atoms with Gasteiger partial charge in [0.25, 0.3) is 0 Å². The lowest BCUT2D eigenvalue weighted by Gasteiger charge is -2.10. The van der Waals surface area contributed by atoms with Gasteiger partial charge in [-0.1, -0.05) is 127 Å². The molecule has 8 rings (SSSR count). The van der Waals surface area contributed by atoms with Gasteiger partial charge in [-0.15, -0.1) is 0 Å². The fourth-order valence-electron chi connectivity index (χ4n) is 5.08. The van der Waals surface area contributed by atoms with Crippen LogP contribution in [0.5, 0.6) is 0 Å². The van der Waals surface area contributed by atoms with E-state index in [2.05, 4.69) is 0 Å². The fraction of sp³-hybridized carbons (Fsp3) is 0. The highest BCUT2D eigenvalue weighted by molar-refractivity contribution is 6.10. The second-order valence-electron chi connectivity index (χ2n) is 9.75. The first kappa shape index (κ1) is 16.5. The van der Waals surface area contributed by atoms with E-state index in [1.807, 2.05) is 42.5 Å². The van der Waals surface area contributed by atoms with Crippen molar-refractivity contribution in [3.8, 4) is 56.4 Å². The maximum absolute atomic E-state index is 8.54. The first-order valence-corrected chi connectivity index (χ1v) is 13.5. The molecule has 0 aliphatic rings. The normalized spacial score (nSPS) is 14.5. The van der Waals surface area contributed by atoms with Gasteiger partial charge in [-0.2, -0.15) is 0 Å². The highest BCUT2D eigenvalue weighted by Gasteiger charge is 2.16. The summed E-state index contributed by atoms with van der Waals surface area (Å²) in [4.78, 5) is 14.5. The molecule has 0 amide bonds. The Morgan fingerprint density at radius 1 is 0.442 bits per heavy atom. The Bertz CT molecular complexity index is 2750. The first-order chi connectivity index (χ1) is 25.4. The van der Waals surface area contributed by atoms with Gasteiger partial charge in [0.2, 0.25) is 0 Å². The van der Waals surface area contributed by atoms with Crippen molar-refractivity contribution in [1.29, 1.82) is 0 Å². The third kappa shape index (κ3) is 4.65. The van der Waals surface area contributed by atoms with Crippen LogP contribution in [0, 0.1) is 0 Å². The van der Waals surface area contributed by atoms with Crippen LogP contribution in [0.4, 0.5) is 0 Å². The summed E-state index contributed by atoms with van der Waals surface area (Å²) in [5.41, 5.74) is 3.64. The molecule has 43 heavy (non-hydrogen) atoms. The van der Waals surface area contributed by atoms with E-state index in [1.165, 1.54) is 0 Å². The predicted octanol–water partition coefficient (Wildman–Crippen LogP) is 10.1. The zero-order valence-corrected chi connectivity index (χ0v) is 22.4. The number of aromatic nitrogens is 3. The van der Waals surface area contributed by atoms with Gasteiger partial charge >= 0.3 is 0 Å². The van der Waals surface area contributed by atoms with Crippen LogP contribution >= 0.6 is 0 Å². The van der Waals surface area contributed by atoms with Crippen LogP contribution in [-0.4, -0.2) is 15.0 Å². The van der Waals surface area contributed by atoms with E-state index in [4.69, 9.17) is 33.1 Å². The molecule has 0 fully saturated rings. The summed E-state index contributed by atoms with van der Waals surface area (Å²) in [5.74, 6) is 1.02. The molecule has 0 atom stereocenters. The molecule has 6 aromatic carbocycles. The molecular weight excluding hydrogens is 526 g/mol. The van der Waals surface area contributed by atoms with Gasteiger partial charge in [-0.05, 0) is 41.0 Å². The van der Waals surface area contributed by atoms with Crippen molar-refractivity contribution in [2.24, 2.45) is 0 Å². The standard InChI is InChI=1S/C39H25N3O/c1-4-12-26(13-5-1)29-18-10-19-30(24-29)38-40-37(28-16-8-3-9-17-28)41-39(42-38)31-22-23-35-34(25-31)33-21-11-20-32(36(33)43-35)27-14-6-2-7-15-27/h1-25H/i1D,2D,4D,5D,6D,7D,12D,13D,14D,15D. The van der Waals surface area contributed by atoms with Crippen molar-refractivity contribution in [1.82, 2.24) is 15.0 Å². The Morgan fingerprint density at radius 3 is 1.79 bits per heavy atom. The second-order valence-corrected chi connectivity index (χ2v) is 9.75. The summed E-state index contributed by atoms with van der Waals surface area (Å²) < 4.78 is 89.0. The molecule has 0 spiro atoms. The summed E-state index contributed by atoms with van der Waals surface area (Å²) in [6.45, 7) is 0. The Labute approximate surface area is 263 Å².